The normalized spacial score (nSPS) is 11.2. The highest BCUT2D eigenvalue weighted by Crippen LogP contribution is 2.22. The topological polar surface area (TPSA) is 50.7 Å². The molecule has 1 aromatic carbocycles. The molecule has 2 aromatic rings. The molecule has 0 spiro atoms. The molecule has 0 radical (unpaired) electrons. The van der Waals surface area contributed by atoms with Crippen molar-refractivity contribution in [3.8, 4) is 5.75 Å². The summed E-state index contributed by atoms with van der Waals surface area (Å²) in [5.41, 5.74) is 3.20. The lowest BCUT2D eigenvalue weighted by Crippen LogP contribution is -2.25. The molecule has 0 bridgehead atoms. The fourth-order valence-corrected chi connectivity index (χ4v) is 2.29. The molecular formula is C14H13ClN2O2S. The Morgan fingerprint density at radius 2 is 2.15 bits per heavy atom. The zero-order valence-corrected chi connectivity index (χ0v) is 12.4. The highest BCUT2D eigenvalue weighted by Gasteiger charge is 2.05. The summed E-state index contributed by atoms with van der Waals surface area (Å²) in [7, 11) is 0. The van der Waals surface area contributed by atoms with E-state index in [2.05, 4.69) is 10.5 Å². The molecule has 4 nitrogen and oxygen atoms in total. The zero-order valence-electron chi connectivity index (χ0n) is 10.8. The first-order valence-corrected chi connectivity index (χ1v) is 7.17. The third-order valence-corrected chi connectivity index (χ3v) is 3.71. The number of halogens is 1. The molecule has 1 aromatic heterocycles. The van der Waals surface area contributed by atoms with Crippen molar-refractivity contribution in [2.24, 2.45) is 5.10 Å². The number of amides is 1. The molecule has 1 amide bonds. The minimum Gasteiger partial charge on any atom is -0.482 e. The maximum absolute atomic E-state index is 11.6. The highest BCUT2D eigenvalue weighted by molar-refractivity contribution is 7.12. The van der Waals surface area contributed by atoms with E-state index < -0.39 is 0 Å². The van der Waals surface area contributed by atoms with Crippen molar-refractivity contribution in [2.75, 3.05) is 6.61 Å². The van der Waals surface area contributed by atoms with E-state index in [-0.39, 0.29) is 12.5 Å². The monoisotopic (exact) mass is 308 g/mol. The van der Waals surface area contributed by atoms with E-state index in [9.17, 15) is 4.79 Å². The quantitative estimate of drug-likeness (QED) is 0.680. The van der Waals surface area contributed by atoms with Crippen LogP contribution in [0.1, 0.15) is 11.8 Å². The largest absolute Gasteiger partial charge is 0.482 e. The van der Waals surface area contributed by atoms with Crippen LogP contribution in [0.5, 0.6) is 5.75 Å². The van der Waals surface area contributed by atoms with Gasteiger partial charge in [-0.2, -0.15) is 5.10 Å². The van der Waals surface area contributed by atoms with Crippen LogP contribution in [0.15, 0.2) is 46.9 Å². The number of hydrogen-bond acceptors (Lipinski definition) is 4. The summed E-state index contributed by atoms with van der Waals surface area (Å²) in [6.07, 6.45) is 0. The van der Waals surface area contributed by atoms with Gasteiger partial charge in [-0.3, -0.25) is 4.79 Å². The van der Waals surface area contributed by atoms with Crippen molar-refractivity contribution in [3.63, 3.8) is 0 Å². The Morgan fingerprint density at radius 3 is 2.85 bits per heavy atom. The van der Waals surface area contributed by atoms with Crippen LogP contribution in [0, 0.1) is 0 Å². The molecule has 0 saturated carbocycles. The van der Waals surface area contributed by atoms with Gasteiger partial charge >= 0.3 is 0 Å². The molecule has 0 unspecified atom stereocenters. The predicted molar refractivity (Wildman–Crippen MR) is 81.6 cm³/mol. The first kappa shape index (κ1) is 14.6. The van der Waals surface area contributed by atoms with Crippen LogP contribution < -0.4 is 10.2 Å². The van der Waals surface area contributed by atoms with Gasteiger partial charge in [-0.05, 0) is 30.5 Å². The van der Waals surface area contributed by atoms with Gasteiger partial charge in [-0.1, -0.05) is 29.8 Å². The first-order chi connectivity index (χ1) is 9.66. The number of hydrogen-bond donors (Lipinski definition) is 1. The van der Waals surface area contributed by atoms with Crippen LogP contribution in [0.25, 0.3) is 0 Å². The molecule has 0 aliphatic heterocycles. The summed E-state index contributed by atoms with van der Waals surface area (Å²) in [6.45, 7) is 1.70. The Bertz CT molecular complexity index is 611. The van der Waals surface area contributed by atoms with Gasteiger partial charge in [-0.15, -0.1) is 11.3 Å². The molecule has 1 heterocycles. The Kier molecular flexibility index (Phi) is 5.15. The average Bonchev–Trinajstić information content (AvgIpc) is 2.98. The van der Waals surface area contributed by atoms with Crippen LogP contribution >= 0.6 is 22.9 Å². The van der Waals surface area contributed by atoms with Crippen molar-refractivity contribution in [3.05, 3.63) is 51.7 Å². The van der Waals surface area contributed by atoms with E-state index in [0.29, 0.717) is 10.8 Å². The molecule has 0 fully saturated rings. The number of thiophene rings is 1. The summed E-state index contributed by atoms with van der Waals surface area (Å²) in [5.74, 6) is 0.143. The number of hydrazone groups is 1. The van der Waals surface area contributed by atoms with Crippen LogP contribution in [0.2, 0.25) is 5.02 Å². The molecule has 0 saturated heterocycles. The van der Waals surface area contributed by atoms with Gasteiger partial charge in [0, 0.05) is 4.88 Å². The number of rotatable bonds is 5. The molecule has 6 heteroatoms. The summed E-state index contributed by atoms with van der Waals surface area (Å²) in [6, 6.07) is 10.9. The van der Waals surface area contributed by atoms with E-state index in [1.807, 2.05) is 24.4 Å². The van der Waals surface area contributed by atoms with Gasteiger partial charge in [-0.25, -0.2) is 5.43 Å². The Labute approximate surface area is 126 Å². The standard InChI is InChI=1S/C14H13ClN2O2S/c1-10(13-7-4-8-20-13)16-17-14(18)9-19-12-6-3-2-5-11(12)15/h2-8H,9H2,1H3,(H,17,18). The minimum atomic E-state index is -0.333. The van der Waals surface area contributed by atoms with Crippen LogP contribution in [0.4, 0.5) is 0 Å². The predicted octanol–water partition coefficient (Wildman–Crippen LogP) is 3.32. The minimum absolute atomic E-state index is 0.134. The number of carbonyl (C=O) groups excluding carboxylic acids is 1. The number of para-hydroxylation sites is 1. The maximum atomic E-state index is 11.6. The van der Waals surface area contributed by atoms with E-state index in [0.717, 1.165) is 10.6 Å². The third kappa shape index (κ3) is 4.08. The Balaban J connectivity index is 1.84. The van der Waals surface area contributed by atoms with Crippen LogP contribution in [-0.2, 0) is 4.79 Å². The first-order valence-electron chi connectivity index (χ1n) is 5.91. The maximum Gasteiger partial charge on any atom is 0.277 e. The molecule has 0 atom stereocenters. The summed E-state index contributed by atoms with van der Waals surface area (Å²) < 4.78 is 5.31. The molecule has 104 valence electrons. The van der Waals surface area contributed by atoms with Gasteiger partial charge < -0.3 is 4.74 Å². The lowest BCUT2D eigenvalue weighted by Gasteiger charge is -2.06. The zero-order chi connectivity index (χ0) is 14.4. The van der Waals surface area contributed by atoms with Gasteiger partial charge in [0.15, 0.2) is 6.61 Å². The molecule has 0 aliphatic carbocycles. The van der Waals surface area contributed by atoms with Crippen molar-refractivity contribution in [2.45, 2.75) is 6.92 Å². The molecule has 0 aliphatic rings. The van der Waals surface area contributed by atoms with Gasteiger partial charge in [0.2, 0.25) is 0 Å². The fourth-order valence-electron chi connectivity index (χ4n) is 1.42. The second-order valence-electron chi connectivity index (χ2n) is 3.93. The Morgan fingerprint density at radius 1 is 1.35 bits per heavy atom. The molecule has 20 heavy (non-hydrogen) atoms. The number of nitrogens with one attached hydrogen (secondary N) is 1. The number of carbonyl (C=O) groups is 1. The van der Waals surface area contributed by atoms with Crippen LogP contribution in [0.3, 0.4) is 0 Å². The van der Waals surface area contributed by atoms with Gasteiger partial charge in [0.05, 0.1) is 10.7 Å². The van der Waals surface area contributed by atoms with Crippen molar-refractivity contribution >= 4 is 34.6 Å². The lowest BCUT2D eigenvalue weighted by atomic mass is 10.3. The molecule has 1 N–H and O–H groups in total. The van der Waals surface area contributed by atoms with Crippen molar-refractivity contribution in [1.29, 1.82) is 0 Å². The van der Waals surface area contributed by atoms with E-state index in [1.54, 1.807) is 35.6 Å². The summed E-state index contributed by atoms with van der Waals surface area (Å²) in [4.78, 5) is 12.6. The van der Waals surface area contributed by atoms with Crippen molar-refractivity contribution in [1.82, 2.24) is 5.43 Å². The summed E-state index contributed by atoms with van der Waals surface area (Å²) in [5, 5.41) is 6.44. The van der Waals surface area contributed by atoms with Crippen LogP contribution in [-0.4, -0.2) is 18.2 Å². The van der Waals surface area contributed by atoms with E-state index in [1.165, 1.54) is 0 Å². The second-order valence-corrected chi connectivity index (χ2v) is 5.28. The number of benzene rings is 1. The number of ether oxygens (including phenoxy) is 1. The number of nitrogens with zero attached hydrogens (tertiary/aromatic N) is 1. The van der Waals surface area contributed by atoms with Gasteiger partial charge in [0.25, 0.3) is 5.91 Å². The van der Waals surface area contributed by atoms with E-state index in [4.69, 9.17) is 16.3 Å². The molecule has 2 rings (SSSR count). The SMILES string of the molecule is CC(=NNC(=O)COc1ccccc1Cl)c1cccs1. The smallest absolute Gasteiger partial charge is 0.277 e. The fraction of sp³-hybridized carbons (Fsp3) is 0.143. The van der Waals surface area contributed by atoms with E-state index >= 15 is 0 Å². The third-order valence-electron chi connectivity index (χ3n) is 2.42. The lowest BCUT2D eigenvalue weighted by molar-refractivity contribution is -0.123. The average molecular weight is 309 g/mol. The van der Waals surface area contributed by atoms with Gasteiger partial charge in [0.1, 0.15) is 5.75 Å². The summed E-state index contributed by atoms with van der Waals surface area (Å²) >= 11 is 7.48. The molecular weight excluding hydrogens is 296 g/mol. The Hall–Kier alpha value is -1.85. The second kappa shape index (κ2) is 7.07. The van der Waals surface area contributed by atoms with Crippen molar-refractivity contribution < 1.29 is 9.53 Å². The highest BCUT2D eigenvalue weighted by atomic mass is 35.5.